The van der Waals surface area contributed by atoms with Crippen LogP contribution in [0.15, 0.2) is 22.7 Å². The Morgan fingerprint density at radius 3 is 2.71 bits per heavy atom. The van der Waals surface area contributed by atoms with Gasteiger partial charge in [0, 0.05) is 10.2 Å². The van der Waals surface area contributed by atoms with Crippen molar-refractivity contribution < 1.29 is 9.59 Å². The molecule has 0 aliphatic carbocycles. The summed E-state index contributed by atoms with van der Waals surface area (Å²) in [4.78, 5) is 22.5. The lowest BCUT2D eigenvalue weighted by Gasteiger charge is -2.05. The van der Waals surface area contributed by atoms with E-state index in [2.05, 4.69) is 26.6 Å². The minimum atomic E-state index is -0.863. The van der Waals surface area contributed by atoms with E-state index >= 15 is 0 Å². The zero-order valence-corrected chi connectivity index (χ0v) is 10.8. The summed E-state index contributed by atoms with van der Waals surface area (Å²) in [5.41, 5.74) is 0.429. The van der Waals surface area contributed by atoms with Crippen LogP contribution in [-0.2, 0) is 9.59 Å². The molecular weight excluding hydrogens is 309 g/mol. The average Bonchev–Trinajstić information content (AvgIpc) is 2.30. The van der Waals surface area contributed by atoms with Crippen molar-refractivity contribution >= 4 is 45.0 Å². The topological polar surface area (TPSA) is 82.0 Å². The second-order valence-electron chi connectivity index (χ2n) is 2.92. The molecule has 0 radical (unpaired) electrons. The molecule has 0 unspecified atom stereocenters. The first-order valence-electron chi connectivity index (χ1n) is 4.45. The zero-order valence-electron chi connectivity index (χ0n) is 8.46. The van der Waals surface area contributed by atoms with E-state index in [1.807, 2.05) is 0 Å². The molecular formula is C10H7BrClN3O2. The fourth-order valence-corrected chi connectivity index (χ4v) is 1.46. The Kier molecular flexibility index (Phi) is 4.94. The molecule has 0 aliphatic heterocycles. The number of anilines is 1. The molecule has 0 aliphatic rings. The van der Waals surface area contributed by atoms with Gasteiger partial charge in [0.1, 0.15) is 6.54 Å². The summed E-state index contributed by atoms with van der Waals surface area (Å²) >= 11 is 8.96. The highest BCUT2D eigenvalue weighted by Gasteiger charge is 2.13. The molecule has 1 aromatic rings. The van der Waals surface area contributed by atoms with Gasteiger partial charge in [-0.2, -0.15) is 5.26 Å². The number of amides is 2. The van der Waals surface area contributed by atoms with Gasteiger partial charge in [-0.15, -0.1) is 0 Å². The predicted octanol–water partition coefficient (Wildman–Crippen LogP) is 1.68. The van der Waals surface area contributed by atoms with Crippen molar-refractivity contribution in [3.8, 4) is 6.07 Å². The predicted molar refractivity (Wildman–Crippen MR) is 66.4 cm³/mol. The van der Waals surface area contributed by atoms with Crippen LogP contribution in [-0.4, -0.2) is 18.4 Å². The first kappa shape index (κ1) is 13.5. The minimum absolute atomic E-state index is 0.212. The number of hydrogen-bond acceptors (Lipinski definition) is 3. The Morgan fingerprint density at radius 2 is 2.12 bits per heavy atom. The van der Waals surface area contributed by atoms with E-state index in [9.17, 15) is 9.59 Å². The van der Waals surface area contributed by atoms with Gasteiger partial charge in [0.15, 0.2) is 0 Å². The van der Waals surface area contributed by atoms with Crippen LogP contribution in [0.2, 0.25) is 5.02 Å². The normalized spacial score (nSPS) is 9.24. The monoisotopic (exact) mass is 315 g/mol. The lowest BCUT2D eigenvalue weighted by molar-refractivity contribution is -0.136. The van der Waals surface area contributed by atoms with Gasteiger partial charge < -0.3 is 10.6 Å². The first-order valence-corrected chi connectivity index (χ1v) is 5.63. The molecule has 1 aromatic carbocycles. The standard InChI is InChI=1S/C10H7BrClN3O2/c11-7-5-6(1-2-8(7)12)15-10(17)9(16)14-4-3-13/h1-2,5H,4H2,(H,14,16)(H,15,17). The molecule has 0 saturated carbocycles. The van der Waals surface area contributed by atoms with Crippen LogP contribution in [0, 0.1) is 11.3 Å². The van der Waals surface area contributed by atoms with Crippen LogP contribution in [0.5, 0.6) is 0 Å². The molecule has 1 rings (SSSR count). The first-order chi connectivity index (χ1) is 8.04. The van der Waals surface area contributed by atoms with Crippen molar-refractivity contribution in [1.29, 1.82) is 5.26 Å². The van der Waals surface area contributed by atoms with Gasteiger partial charge in [0.2, 0.25) is 0 Å². The van der Waals surface area contributed by atoms with Gasteiger partial charge in [-0.25, -0.2) is 0 Å². The van der Waals surface area contributed by atoms with Crippen molar-refractivity contribution in [3.63, 3.8) is 0 Å². The Bertz CT molecular complexity index is 499. The van der Waals surface area contributed by atoms with Crippen molar-refractivity contribution in [2.24, 2.45) is 0 Å². The van der Waals surface area contributed by atoms with E-state index in [1.165, 1.54) is 0 Å². The molecule has 0 heterocycles. The quantitative estimate of drug-likeness (QED) is 0.643. The summed E-state index contributed by atoms with van der Waals surface area (Å²) < 4.78 is 0.606. The average molecular weight is 317 g/mol. The number of carbonyl (C=O) groups excluding carboxylic acids is 2. The smallest absolute Gasteiger partial charge is 0.313 e. The molecule has 0 aromatic heterocycles. The number of nitriles is 1. The fourth-order valence-electron chi connectivity index (χ4n) is 0.962. The maximum atomic E-state index is 11.3. The fraction of sp³-hybridized carbons (Fsp3) is 0.100. The maximum Gasteiger partial charge on any atom is 0.313 e. The second-order valence-corrected chi connectivity index (χ2v) is 4.19. The highest BCUT2D eigenvalue weighted by molar-refractivity contribution is 9.10. The third-order valence-electron chi connectivity index (χ3n) is 1.71. The molecule has 17 heavy (non-hydrogen) atoms. The van der Waals surface area contributed by atoms with Gasteiger partial charge in [-0.1, -0.05) is 11.6 Å². The van der Waals surface area contributed by atoms with Gasteiger partial charge >= 0.3 is 11.8 Å². The largest absolute Gasteiger partial charge is 0.335 e. The van der Waals surface area contributed by atoms with Crippen LogP contribution in [0.3, 0.4) is 0 Å². The van der Waals surface area contributed by atoms with Gasteiger partial charge in [0.05, 0.1) is 11.1 Å². The van der Waals surface area contributed by atoms with Gasteiger partial charge in [-0.05, 0) is 34.1 Å². The Labute approximate surface area is 111 Å². The van der Waals surface area contributed by atoms with Crippen LogP contribution in [0.4, 0.5) is 5.69 Å². The van der Waals surface area contributed by atoms with Crippen molar-refractivity contribution in [2.75, 3.05) is 11.9 Å². The third-order valence-corrected chi connectivity index (χ3v) is 2.93. The molecule has 5 nitrogen and oxygen atoms in total. The summed E-state index contributed by atoms with van der Waals surface area (Å²) in [5, 5.41) is 13.2. The van der Waals surface area contributed by atoms with Crippen LogP contribution >= 0.6 is 27.5 Å². The summed E-state index contributed by atoms with van der Waals surface area (Å²) in [6.45, 7) is -0.212. The summed E-state index contributed by atoms with van der Waals surface area (Å²) in [6, 6.07) is 6.40. The number of hydrogen-bond donors (Lipinski definition) is 2. The molecule has 2 N–H and O–H groups in total. The molecule has 2 amide bonds. The zero-order chi connectivity index (χ0) is 12.8. The van der Waals surface area contributed by atoms with E-state index in [1.54, 1.807) is 24.3 Å². The number of rotatable bonds is 2. The number of nitrogens with zero attached hydrogens (tertiary/aromatic N) is 1. The second kappa shape index (κ2) is 6.23. The third kappa shape index (κ3) is 4.06. The highest BCUT2D eigenvalue weighted by Crippen LogP contribution is 2.25. The molecule has 0 fully saturated rings. The lowest BCUT2D eigenvalue weighted by atomic mass is 10.3. The molecule has 0 atom stereocenters. The van der Waals surface area contributed by atoms with Crippen molar-refractivity contribution in [1.82, 2.24) is 5.32 Å². The molecule has 0 saturated heterocycles. The maximum absolute atomic E-state index is 11.3. The molecule has 7 heteroatoms. The SMILES string of the molecule is N#CCNC(=O)C(=O)Nc1ccc(Cl)c(Br)c1. The highest BCUT2D eigenvalue weighted by atomic mass is 79.9. The Balaban J connectivity index is 2.65. The number of benzene rings is 1. The van der Waals surface area contributed by atoms with Crippen LogP contribution in [0.1, 0.15) is 0 Å². The number of nitrogens with one attached hydrogen (secondary N) is 2. The van der Waals surface area contributed by atoms with Crippen LogP contribution in [0.25, 0.3) is 0 Å². The summed E-state index contributed by atoms with van der Waals surface area (Å²) in [5.74, 6) is -1.70. The van der Waals surface area contributed by atoms with E-state index in [-0.39, 0.29) is 6.54 Å². The Hall–Kier alpha value is -1.58. The number of halogens is 2. The lowest BCUT2D eigenvalue weighted by Crippen LogP contribution is -2.35. The Morgan fingerprint density at radius 1 is 1.41 bits per heavy atom. The molecule has 0 bridgehead atoms. The van der Waals surface area contributed by atoms with Crippen LogP contribution < -0.4 is 10.6 Å². The summed E-state index contributed by atoms with van der Waals surface area (Å²) in [6.07, 6.45) is 0. The van der Waals surface area contributed by atoms with Crippen molar-refractivity contribution in [3.05, 3.63) is 27.7 Å². The minimum Gasteiger partial charge on any atom is -0.335 e. The molecule has 0 spiro atoms. The van der Waals surface area contributed by atoms with Gasteiger partial charge in [-0.3, -0.25) is 9.59 Å². The van der Waals surface area contributed by atoms with E-state index < -0.39 is 11.8 Å². The van der Waals surface area contributed by atoms with Gasteiger partial charge in [0.25, 0.3) is 0 Å². The van der Waals surface area contributed by atoms with E-state index in [4.69, 9.17) is 16.9 Å². The summed E-state index contributed by atoms with van der Waals surface area (Å²) in [7, 11) is 0. The molecule has 88 valence electrons. The van der Waals surface area contributed by atoms with Crippen molar-refractivity contribution in [2.45, 2.75) is 0 Å². The van der Waals surface area contributed by atoms with E-state index in [0.717, 1.165) is 0 Å². The van der Waals surface area contributed by atoms with E-state index in [0.29, 0.717) is 15.2 Å². The number of carbonyl (C=O) groups is 2.